The van der Waals surface area contributed by atoms with E-state index in [-0.39, 0.29) is 28.4 Å². The molecular formula is C13H16F2N2OS. The zero-order chi connectivity index (χ0) is 14.0. The highest BCUT2D eigenvalue weighted by Gasteiger charge is 2.28. The molecule has 2 atom stereocenters. The van der Waals surface area contributed by atoms with Gasteiger partial charge in [0.1, 0.15) is 4.99 Å². The van der Waals surface area contributed by atoms with Gasteiger partial charge in [0.15, 0.2) is 11.6 Å². The van der Waals surface area contributed by atoms with Gasteiger partial charge in [-0.25, -0.2) is 8.78 Å². The quantitative estimate of drug-likeness (QED) is 0.835. The fraction of sp³-hybridized carbons (Fsp3) is 0.462. The van der Waals surface area contributed by atoms with Crippen LogP contribution in [0.2, 0.25) is 0 Å². The molecule has 3 N–H and O–H groups in total. The van der Waals surface area contributed by atoms with Crippen molar-refractivity contribution >= 4 is 22.9 Å². The normalized spacial score (nSPS) is 22.5. The predicted octanol–water partition coefficient (Wildman–Crippen LogP) is 2.58. The lowest BCUT2D eigenvalue weighted by Crippen LogP contribution is -2.30. The summed E-state index contributed by atoms with van der Waals surface area (Å²) < 4.78 is 33.0. The molecule has 0 aliphatic heterocycles. The topological polar surface area (TPSA) is 47.3 Å². The van der Waals surface area contributed by atoms with Gasteiger partial charge >= 0.3 is 0 Å². The zero-order valence-corrected chi connectivity index (χ0v) is 11.4. The summed E-state index contributed by atoms with van der Waals surface area (Å²) in [7, 11) is 1.62. The Bertz CT molecular complexity index is 496. The summed E-state index contributed by atoms with van der Waals surface area (Å²) in [6.07, 6.45) is 2.82. The summed E-state index contributed by atoms with van der Waals surface area (Å²) >= 11 is 4.66. The van der Waals surface area contributed by atoms with Crippen molar-refractivity contribution < 1.29 is 13.5 Å². The molecule has 1 aromatic carbocycles. The number of anilines is 1. The first kappa shape index (κ1) is 14.1. The molecule has 2 rings (SSSR count). The number of hydrogen-bond donors (Lipinski definition) is 2. The van der Waals surface area contributed by atoms with Crippen molar-refractivity contribution in [1.29, 1.82) is 0 Å². The lowest BCUT2D eigenvalue weighted by atomic mass is 10.1. The second kappa shape index (κ2) is 5.79. The van der Waals surface area contributed by atoms with Gasteiger partial charge in [-0.15, -0.1) is 0 Å². The van der Waals surface area contributed by atoms with Gasteiger partial charge in [-0.05, 0) is 31.4 Å². The second-order valence-electron chi connectivity index (χ2n) is 4.61. The average molecular weight is 286 g/mol. The highest BCUT2D eigenvalue weighted by atomic mass is 32.1. The third kappa shape index (κ3) is 2.84. The Labute approximate surface area is 116 Å². The lowest BCUT2D eigenvalue weighted by Gasteiger charge is -2.21. The van der Waals surface area contributed by atoms with E-state index < -0.39 is 11.6 Å². The van der Waals surface area contributed by atoms with Crippen molar-refractivity contribution in [2.75, 3.05) is 12.4 Å². The summed E-state index contributed by atoms with van der Waals surface area (Å²) in [5, 5.41) is 2.99. The number of nitrogens with one attached hydrogen (secondary N) is 1. The number of methoxy groups -OCH3 is 1. The number of halogens is 2. The van der Waals surface area contributed by atoms with Crippen LogP contribution in [0.3, 0.4) is 0 Å². The SMILES string of the molecule is COC1CCCC1Nc1ccc(C(N)=S)c(F)c1F. The van der Waals surface area contributed by atoms with Crippen molar-refractivity contribution in [1.82, 2.24) is 0 Å². The fourth-order valence-corrected chi connectivity index (χ4v) is 2.58. The van der Waals surface area contributed by atoms with Gasteiger partial charge in [0.2, 0.25) is 0 Å². The Morgan fingerprint density at radius 2 is 2.11 bits per heavy atom. The van der Waals surface area contributed by atoms with Crippen LogP contribution < -0.4 is 11.1 Å². The molecule has 3 nitrogen and oxygen atoms in total. The van der Waals surface area contributed by atoms with Gasteiger partial charge in [-0.1, -0.05) is 12.2 Å². The van der Waals surface area contributed by atoms with Crippen molar-refractivity contribution in [2.24, 2.45) is 5.73 Å². The molecule has 0 bridgehead atoms. The zero-order valence-electron chi connectivity index (χ0n) is 10.6. The first-order chi connectivity index (χ1) is 9.04. The molecule has 2 unspecified atom stereocenters. The maximum atomic E-state index is 13.9. The molecule has 19 heavy (non-hydrogen) atoms. The summed E-state index contributed by atoms with van der Waals surface area (Å²) in [5.74, 6) is -1.96. The molecule has 1 saturated carbocycles. The molecule has 0 radical (unpaired) electrons. The Balaban J connectivity index is 2.22. The van der Waals surface area contributed by atoms with Crippen LogP contribution in [0.25, 0.3) is 0 Å². The predicted molar refractivity (Wildman–Crippen MR) is 74.3 cm³/mol. The van der Waals surface area contributed by atoms with E-state index in [1.165, 1.54) is 12.1 Å². The maximum Gasteiger partial charge on any atom is 0.182 e. The van der Waals surface area contributed by atoms with E-state index in [2.05, 4.69) is 17.5 Å². The van der Waals surface area contributed by atoms with Crippen LogP contribution in [0.15, 0.2) is 12.1 Å². The van der Waals surface area contributed by atoms with E-state index in [9.17, 15) is 8.78 Å². The fourth-order valence-electron chi connectivity index (χ4n) is 2.42. The Morgan fingerprint density at radius 3 is 2.74 bits per heavy atom. The van der Waals surface area contributed by atoms with Gasteiger partial charge in [-0.3, -0.25) is 0 Å². The first-order valence-corrected chi connectivity index (χ1v) is 6.52. The van der Waals surface area contributed by atoms with Crippen LogP contribution in [0.4, 0.5) is 14.5 Å². The number of nitrogens with two attached hydrogens (primary N) is 1. The standard InChI is InChI=1S/C13H16F2N2OS/c1-18-10-4-2-3-8(10)17-9-6-5-7(13(16)19)11(14)12(9)15/h5-6,8,10,17H,2-4H2,1H3,(H2,16,19). The minimum atomic E-state index is -1.01. The number of benzene rings is 1. The van der Waals surface area contributed by atoms with Crippen LogP contribution in [0.1, 0.15) is 24.8 Å². The van der Waals surface area contributed by atoms with Crippen LogP contribution >= 0.6 is 12.2 Å². The van der Waals surface area contributed by atoms with Crippen molar-refractivity contribution in [3.05, 3.63) is 29.3 Å². The number of thiocarbonyl (C=S) groups is 1. The summed E-state index contributed by atoms with van der Waals surface area (Å²) in [5.41, 5.74) is 5.37. The van der Waals surface area contributed by atoms with Crippen LogP contribution in [0.5, 0.6) is 0 Å². The molecule has 0 saturated heterocycles. The van der Waals surface area contributed by atoms with E-state index >= 15 is 0 Å². The molecule has 104 valence electrons. The number of hydrogen-bond acceptors (Lipinski definition) is 3. The molecule has 1 aliphatic rings. The van der Waals surface area contributed by atoms with E-state index in [4.69, 9.17) is 10.5 Å². The summed E-state index contributed by atoms with van der Waals surface area (Å²) in [6, 6.07) is 2.84. The number of rotatable bonds is 4. The largest absolute Gasteiger partial charge is 0.389 e. The molecule has 0 heterocycles. The Morgan fingerprint density at radius 1 is 1.37 bits per heavy atom. The highest BCUT2D eigenvalue weighted by molar-refractivity contribution is 7.80. The Hall–Kier alpha value is -1.27. The van der Waals surface area contributed by atoms with E-state index in [0.717, 1.165) is 19.3 Å². The third-order valence-electron chi connectivity index (χ3n) is 3.44. The molecule has 1 aromatic rings. The van der Waals surface area contributed by atoms with E-state index in [1.54, 1.807) is 7.11 Å². The Kier molecular flexibility index (Phi) is 4.31. The average Bonchev–Trinajstić information content (AvgIpc) is 2.82. The molecule has 0 aromatic heterocycles. The minimum Gasteiger partial charge on any atom is -0.389 e. The molecule has 0 amide bonds. The smallest absolute Gasteiger partial charge is 0.182 e. The van der Waals surface area contributed by atoms with E-state index in [1.807, 2.05) is 0 Å². The lowest BCUT2D eigenvalue weighted by molar-refractivity contribution is 0.101. The van der Waals surface area contributed by atoms with Gasteiger partial charge in [0, 0.05) is 12.7 Å². The first-order valence-electron chi connectivity index (χ1n) is 6.11. The molecular weight excluding hydrogens is 270 g/mol. The van der Waals surface area contributed by atoms with Crippen LogP contribution in [-0.2, 0) is 4.74 Å². The van der Waals surface area contributed by atoms with Gasteiger partial charge in [0.25, 0.3) is 0 Å². The molecule has 1 aliphatic carbocycles. The van der Waals surface area contributed by atoms with E-state index in [0.29, 0.717) is 0 Å². The summed E-state index contributed by atoms with van der Waals surface area (Å²) in [6.45, 7) is 0. The van der Waals surface area contributed by atoms with Crippen LogP contribution in [-0.4, -0.2) is 24.2 Å². The number of ether oxygens (including phenoxy) is 1. The van der Waals surface area contributed by atoms with Gasteiger partial charge in [-0.2, -0.15) is 0 Å². The molecule has 1 fully saturated rings. The minimum absolute atomic E-state index is 0.00502. The van der Waals surface area contributed by atoms with Crippen molar-refractivity contribution in [3.8, 4) is 0 Å². The van der Waals surface area contributed by atoms with Crippen molar-refractivity contribution in [2.45, 2.75) is 31.4 Å². The maximum absolute atomic E-state index is 13.9. The summed E-state index contributed by atoms with van der Waals surface area (Å²) in [4.78, 5) is -0.154. The monoisotopic (exact) mass is 286 g/mol. The molecule has 0 spiro atoms. The van der Waals surface area contributed by atoms with Crippen LogP contribution in [0, 0.1) is 11.6 Å². The third-order valence-corrected chi connectivity index (χ3v) is 3.66. The van der Waals surface area contributed by atoms with Crippen molar-refractivity contribution in [3.63, 3.8) is 0 Å². The molecule has 6 heteroatoms. The van der Waals surface area contributed by atoms with Gasteiger partial charge < -0.3 is 15.8 Å². The highest BCUT2D eigenvalue weighted by Crippen LogP contribution is 2.28. The second-order valence-corrected chi connectivity index (χ2v) is 5.05. The van der Waals surface area contributed by atoms with Gasteiger partial charge in [0.05, 0.1) is 17.8 Å².